The smallest absolute Gasteiger partial charge is 0.316 e. The van der Waals surface area contributed by atoms with Crippen molar-refractivity contribution >= 4 is 17.6 Å². The molecule has 0 saturated carbocycles. The van der Waals surface area contributed by atoms with E-state index < -0.39 is 6.03 Å². The lowest BCUT2D eigenvalue weighted by molar-refractivity contribution is 0.0951. The number of aryl methyl sites for hydroxylation is 1. The highest BCUT2D eigenvalue weighted by Crippen LogP contribution is 2.09. The maximum absolute atomic E-state index is 12.0. The van der Waals surface area contributed by atoms with Crippen LogP contribution < -0.4 is 16.4 Å². The van der Waals surface area contributed by atoms with Crippen LogP contribution in [-0.2, 0) is 6.54 Å². The third-order valence-electron chi connectivity index (χ3n) is 2.95. The maximum atomic E-state index is 12.0. The summed E-state index contributed by atoms with van der Waals surface area (Å²) in [6.45, 7) is 2.37. The molecule has 0 saturated heterocycles. The Balaban J connectivity index is 1.93. The van der Waals surface area contributed by atoms with Crippen LogP contribution in [0.25, 0.3) is 0 Å². The van der Waals surface area contributed by atoms with Gasteiger partial charge in [-0.15, -0.1) is 0 Å². The third-order valence-corrected chi connectivity index (χ3v) is 2.95. The summed E-state index contributed by atoms with van der Waals surface area (Å²) in [5.41, 5.74) is 8.27. The van der Waals surface area contributed by atoms with E-state index in [1.165, 1.54) is 0 Å². The number of nitrogens with two attached hydrogens (primary N) is 1. The fraction of sp³-hybridized carbons (Fsp3) is 0.125. The molecule has 0 atom stereocenters. The van der Waals surface area contributed by atoms with E-state index >= 15 is 0 Å². The summed E-state index contributed by atoms with van der Waals surface area (Å²) >= 11 is 0. The average Bonchev–Trinajstić information content (AvgIpc) is 2.45. The summed E-state index contributed by atoms with van der Waals surface area (Å²) in [5.74, 6) is -0.113. The molecule has 2 rings (SSSR count). The third kappa shape index (κ3) is 4.35. The van der Waals surface area contributed by atoms with Crippen LogP contribution in [-0.4, -0.2) is 11.9 Å². The molecule has 0 aliphatic rings. The first-order valence-electron chi connectivity index (χ1n) is 6.55. The predicted octanol–water partition coefficient (Wildman–Crippen LogP) is 2.42. The summed E-state index contributed by atoms with van der Waals surface area (Å²) < 4.78 is 0. The van der Waals surface area contributed by atoms with E-state index in [2.05, 4.69) is 10.6 Å². The van der Waals surface area contributed by atoms with E-state index in [-0.39, 0.29) is 5.91 Å². The standard InChI is InChI=1S/C16H17N3O2/c1-11-3-2-4-13(9-11)15(20)18-10-12-5-7-14(8-6-12)19-16(17)21/h2-9H,10H2,1H3,(H,18,20)(H3,17,19,21). The molecule has 3 amide bonds. The van der Waals surface area contributed by atoms with E-state index in [9.17, 15) is 9.59 Å². The van der Waals surface area contributed by atoms with Gasteiger partial charge in [0, 0.05) is 17.8 Å². The van der Waals surface area contributed by atoms with Gasteiger partial charge in [0.15, 0.2) is 0 Å². The minimum atomic E-state index is -0.601. The molecule has 5 nitrogen and oxygen atoms in total. The average molecular weight is 283 g/mol. The fourth-order valence-corrected chi connectivity index (χ4v) is 1.92. The summed E-state index contributed by atoms with van der Waals surface area (Å²) in [4.78, 5) is 22.7. The second-order valence-corrected chi connectivity index (χ2v) is 4.74. The van der Waals surface area contributed by atoms with E-state index in [1.807, 2.05) is 37.3 Å². The lowest BCUT2D eigenvalue weighted by Gasteiger charge is -2.07. The van der Waals surface area contributed by atoms with Gasteiger partial charge in [0.05, 0.1) is 0 Å². The van der Waals surface area contributed by atoms with Crippen LogP contribution in [0.5, 0.6) is 0 Å². The van der Waals surface area contributed by atoms with Crippen molar-refractivity contribution in [3.63, 3.8) is 0 Å². The van der Waals surface area contributed by atoms with Gasteiger partial charge >= 0.3 is 6.03 Å². The molecule has 2 aromatic rings. The minimum absolute atomic E-state index is 0.113. The molecule has 0 radical (unpaired) electrons. The Bertz CT molecular complexity index is 651. The number of benzene rings is 2. The number of carbonyl (C=O) groups is 2. The van der Waals surface area contributed by atoms with Crippen molar-refractivity contribution in [3.05, 3.63) is 65.2 Å². The number of rotatable bonds is 4. The van der Waals surface area contributed by atoms with Crippen LogP contribution in [0, 0.1) is 6.92 Å². The summed E-state index contributed by atoms with van der Waals surface area (Å²) in [6.07, 6.45) is 0. The molecule has 0 heterocycles. The van der Waals surface area contributed by atoms with Gasteiger partial charge in [-0.25, -0.2) is 4.79 Å². The lowest BCUT2D eigenvalue weighted by atomic mass is 10.1. The molecular weight excluding hydrogens is 266 g/mol. The van der Waals surface area contributed by atoms with Crippen molar-refractivity contribution in [2.24, 2.45) is 5.73 Å². The zero-order chi connectivity index (χ0) is 15.2. The molecule has 108 valence electrons. The predicted molar refractivity (Wildman–Crippen MR) is 82.0 cm³/mol. The number of nitrogens with one attached hydrogen (secondary N) is 2. The number of primary amides is 1. The Hall–Kier alpha value is -2.82. The molecule has 0 aromatic heterocycles. The Morgan fingerprint density at radius 2 is 1.81 bits per heavy atom. The van der Waals surface area contributed by atoms with Crippen molar-refractivity contribution in [2.45, 2.75) is 13.5 Å². The van der Waals surface area contributed by atoms with Gasteiger partial charge in [-0.3, -0.25) is 4.79 Å². The number of hydrogen-bond acceptors (Lipinski definition) is 2. The topological polar surface area (TPSA) is 84.2 Å². The second-order valence-electron chi connectivity index (χ2n) is 4.74. The quantitative estimate of drug-likeness (QED) is 0.805. The Labute approximate surface area is 123 Å². The van der Waals surface area contributed by atoms with E-state index in [4.69, 9.17) is 5.73 Å². The fourth-order valence-electron chi connectivity index (χ4n) is 1.92. The van der Waals surface area contributed by atoms with Gasteiger partial charge in [-0.1, -0.05) is 29.8 Å². The van der Waals surface area contributed by atoms with Crippen LogP contribution in [0.2, 0.25) is 0 Å². The van der Waals surface area contributed by atoms with E-state index in [1.54, 1.807) is 18.2 Å². The van der Waals surface area contributed by atoms with Crippen LogP contribution in [0.4, 0.5) is 10.5 Å². The highest BCUT2D eigenvalue weighted by Gasteiger charge is 2.05. The molecule has 0 aliphatic carbocycles. The minimum Gasteiger partial charge on any atom is -0.351 e. The van der Waals surface area contributed by atoms with Crippen molar-refractivity contribution in [2.75, 3.05) is 5.32 Å². The van der Waals surface area contributed by atoms with E-state index in [0.29, 0.717) is 17.8 Å². The van der Waals surface area contributed by atoms with Crippen molar-refractivity contribution in [3.8, 4) is 0 Å². The molecule has 0 unspecified atom stereocenters. The second kappa shape index (κ2) is 6.56. The van der Waals surface area contributed by atoms with Crippen molar-refractivity contribution < 1.29 is 9.59 Å². The van der Waals surface area contributed by atoms with Gasteiger partial charge in [-0.2, -0.15) is 0 Å². The Morgan fingerprint density at radius 1 is 1.10 bits per heavy atom. The van der Waals surface area contributed by atoms with Crippen LogP contribution in [0.1, 0.15) is 21.5 Å². The number of urea groups is 1. The van der Waals surface area contributed by atoms with Crippen LogP contribution in [0.15, 0.2) is 48.5 Å². The lowest BCUT2D eigenvalue weighted by Crippen LogP contribution is -2.23. The molecular formula is C16H17N3O2. The zero-order valence-electron chi connectivity index (χ0n) is 11.7. The summed E-state index contributed by atoms with van der Waals surface area (Å²) in [5, 5.41) is 5.33. The molecule has 0 spiro atoms. The summed E-state index contributed by atoms with van der Waals surface area (Å²) in [6, 6.07) is 13.9. The first kappa shape index (κ1) is 14.6. The van der Waals surface area contributed by atoms with E-state index in [0.717, 1.165) is 11.1 Å². The van der Waals surface area contributed by atoms with Gasteiger partial charge in [0.2, 0.25) is 0 Å². The number of hydrogen-bond donors (Lipinski definition) is 3. The maximum Gasteiger partial charge on any atom is 0.316 e. The highest BCUT2D eigenvalue weighted by atomic mass is 16.2. The first-order chi connectivity index (χ1) is 10.0. The zero-order valence-corrected chi connectivity index (χ0v) is 11.7. The van der Waals surface area contributed by atoms with Crippen molar-refractivity contribution in [1.29, 1.82) is 0 Å². The SMILES string of the molecule is Cc1cccc(C(=O)NCc2ccc(NC(N)=O)cc2)c1. The number of amides is 3. The van der Waals surface area contributed by atoms with Gasteiger partial charge in [0.25, 0.3) is 5.91 Å². The van der Waals surface area contributed by atoms with Gasteiger partial charge < -0.3 is 16.4 Å². The molecule has 5 heteroatoms. The van der Waals surface area contributed by atoms with Gasteiger partial charge in [-0.05, 0) is 36.8 Å². The summed E-state index contributed by atoms with van der Waals surface area (Å²) in [7, 11) is 0. The van der Waals surface area contributed by atoms with Crippen LogP contribution >= 0.6 is 0 Å². The first-order valence-corrected chi connectivity index (χ1v) is 6.55. The largest absolute Gasteiger partial charge is 0.351 e. The van der Waals surface area contributed by atoms with Crippen LogP contribution in [0.3, 0.4) is 0 Å². The molecule has 4 N–H and O–H groups in total. The monoisotopic (exact) mass is 283 g/mol. The highest BCUT2D eigenvalue weighted by molar-refractivity contribution is 5.94. The Morgan fingerprint density at radius 3 is 2.43 bits per heavy atom. The Kier molecular flexibility index (Phi) is 4.56. The molecule has 2 aromatic carbocycles. The number of anilines is 1. The normalized spacial score (nSPS) is 9.95. The van der Waals surface area contributed by atoms with Gasteiger partial charge in [0.1, 0.15) is 0 Å². The molecule has 0 fully saturated rings. The molecule has 21 heavy (non-hydrogen) atoms. The number of carbonyl (C=O) groups excluding carboxylic acids is 2. The van der Waals surface area contributed by atoms with Crippen molar-refractivity contribution in [1.82, 2.24) is 5.32 Å². The molecule has 0 aliphatic heterocycles. The molecule has 0 bridgehead atoms.